The summed E-state index contributed by atoms with van der Waals surface area (Å²) in [6.45, 7) is 4.95. The Bertz CT molecular complexity index is 1490. The van der Waals surface area contributed by atoms with Gasteiger partial charge in [-0.1, -0.05) is 11.8 Å². The molecule has 1 fully saturated rings. The van der Waals surface area contributed by atoms with E-state index in [1.165, 1.54) is 37.9 Å². The summed E-state index contributed by atoms with van der Waals surface area (Å²) in [5, 5.41) is 30.8. The number of nitrogens with one attached hydrogen (secondary N) is 1. The van der Waals surface area contributed by atoms with Crippen molar-refractivity contribution in [3.63, 3.8) is 0 Å². The van der Waals surface area contributed by atoms with Gasteiger partial charge in [0.1, 0.15) is 16.7 Å². The number of carbonyl (C=O) groups excluding carboxylic acids is 1. The maximum atomic E-state index is 14.3. The Labute approximate surface area is 231 Å². The van der Waals surface area contributed by atoms with Crippen molar-refractivity contribution >= 4 is 23.6 Å². The minimum Gasteiger partial charge on any atom is -0.383 e. The topological polar surface area (TPSA) is 121 Å². The van der Waals surface area contributed by atoms with Crippen molar-refractivity contribution in [2.24, 2.45) is 0 Å². The third kappa shape index (κ3) is 6.53. The number of nitrogens with zero attached hydrogens (tertiary/aromatic N) is 6. The maximum absolute atomic E-state index is 14.3. The van der Waals surface area contributed by atoms with E-state index in [2.05, 4.69) is 33.1 Å². The van der Waals surface area contributed by atoms with Crippen LogP contribution in [0.15, 0.2) is 52.9 Å². The average Bonchev–Trinajstić information content (AvgIpc) is 3.53. The van der Waals surface area contributed by atoms with Crippen LogP contribution in [-0.2, 0) is 4.79 Å². The molecule has 2 N–H and O–H groups in total. The second-order valence-corrected chi connectivity index (χ2v) is 11.1. The maximum Gasteiger partial charge on any atom is 0.155 e. The van der Waals surface area contributed by atoms with Crippen LogP contribution in [0.25, 0.3) is 16.6 Å². The van der Waals surface area contributed by atoms with Crippen LogP contribution in [-0.4, -0.2) is 54.5 Å². The Morgan fingerprint density at radius 3 is 2.59 bits per heavy atom. The number of rotatable bonds is 6. The highest BCUT2D eigenvalue weighted by Crippen LogP contribution is 2.37. The lowest BCUT2D eigenvalue weighted by Crippen LogP contribution is -2.31. The molecule has 0 amide bonds. The minimum absolute atomic E-state index is 0.260. The lowest BCUT2D eigenvalue weighted by atomic mass is 9.91. The Morgan fingerprint density at radius 2 is 1.97 bits per heavy atom. The molecule has 5 rings (SSSR count). The number of carbonyl (C=O) groups is 1. The van der Waals surface area contributed by atoms with E-state index in [-0.39, 0.29) is 5.03 Å². The molecule has 39 heavy (non-hydrogen) atoms. The molecular formula is C28H32FN7O2S. The SMILES string of the molecule is CC(C)(O)C=O.CNC1CCC(n2ncc(-c3cc(Sc4ncccc4F)c4c(C#N)cnn4c3)c2C)CC1. The molecule has 1 aliphatic rings. The predicted molar refractivity (Wildman–Crippen MR) is 147 cm³/mol. The highest BCUT2D eigenvalue weighted by molar-refractivity contribution is 7.99. The predicted octanol–water partition coefficient (Wildman–Crippen LogP) is 4.72. The lowest BCUT2D eigenvalue weighted by Gasteiger charge is -2.29. The molecule has 204 valence electrons. The zero-order valence-corrected chi connectivity index (χ0v) is 23.2. The van der Waals surface area contributed by atoms with Crippen molar-refractivity contribution in [3.8, 4) is 17.2 Å². The van der Waals surface area contributed by atoms with Gasteiger partial charge < -0.3 is 15.2 Å². The first-order valence-electron chi connectivity index (χ1n) is 12.8. The summed E-state index contributed by atoms with van der Waals surface area (Å²) in [5.74, 6) is -0.398. The van der Waals surface area contributed by atoms with Crippen LogP contribution >= 0.6 is 11.8 Å². The van der Waals surface area contributed by atoms with Crippen molar-refractivity contribution in [1.29, 1.82) is 5.26 Å². The highest BCUT2D eigenvalue weighted by atomic mass is 32.2. The van der Waals surface area contributed by atoms with Crippen molar-refractivity contribution < 1.29 is 14.3 Å². The quantitative estimate of drug-likeness (QED) is 0.331. The summed E-state index contributed by atoms with van der Waals surface area (Å²) in [5.41, 5.74) is 2.96. The van der Waals surface area contributed by atoms with Crippen LogP contribution < -0.4 is 5.32 Å². The van der Waals surface area contributed by atoms with Crippen molar-refractivity contribution in [1.82, 2.24) is 29.7 Å². The van der Waals surface area contributed by atoms with Gasteiger partial charge in [-0.25, -0.2) is 13.9 Å². The Kier molecular flexibility index (Phi) is 8.80. The fourth-order valence-corrected chi connectivity index (χ4v) is 5.60. The number of aldehydes is 1. The molecule has 4 aromatic rings. The Morgan fingerprint density at radius 1 is 1.26 bits per heavy atom. The molecule has 0 unspecified atom stereocenters. The molecule has 0 aromatic carbocycles. The van der Waals surface area contributed by atoms with E-state index in [1.54, 1.807) is 16.8 Å². The lowest BCUT2D eigenvalue weighted by molar-refractivity contribution is -0.120. The average molecular weight is 550 g/mol. The van der Waals surface area contributed by atoms with Crippen LogP contribution in [0.2, 0.25) is 0 Å². The molecule has 0 aliphatic heterocycles. The highest BCUT2D eigenvalue weighted by Gasteiger charge is 2.24. The number of fused-ring (bicyclic) bond motifs is 1. The fourth-order valence-electron chi connectivity index (χ4n) is 4.63. The van der Waals surface area contributed by atoms with Gasteiger partial charge in [0, 0.05) is 40.2 Å². The summed E-state index contributed by atoms with van der Waals surface area (Å²) >= 11 is 1.20. The van der Waals surface area contributed by atoms with Crippen LogP contribution in [0, 0.1) is 24.1 Å². The smallest absolute Gasteiger partial charge is 0.155 e. The van der Waals surface area contributed by atoms with Gasteiger partial charge in [0.2, 0.25) is 0 Å². The third-order valence-corrected chi connectivity index (χ3v) is 7.75. The molecular weight excluding hydrogens is 517 g/mol. The third-order valence-electron chi connectivity index (χ3n) is 6.72. The van der Waals surface area contributed by atoms with Crippen molar-refractivity contribution in [2.75, 3.05) is 7.05 Å². The fraction of sp³-hybridized carbons (Fsp3) is 0.393. The summed E-state index contributed by atoms with van der Waals surface area (Å²) in [6.07, 6.45) is 11.9. The van der Waals surface area contributed by atoms with Gasteiger partial charge in [0.05, 0.1) is 29.5 Å². The van der Waals surface area contributed by atoms with Gasteiger partial charge in [-0.3, -0.25) is 4.68 Å². The largest absolute Gasteiger partial charge is 0.383 e. The number of nitriles is 1. The van der Waals surface area contributed by atoms with E-state index in [0.29, 0.717) is 29.4 Å². The first-order valence-corrected chi connectivity index (χ1v) is 13.6. The Balaban J connectivity index is 0.000000531. The van der Waals surface area contributed by atoms with Crippen LogP contribution in [0.4, 0.5) is 4.39 Å². The standard InChI is InChI=1S/C24H24FN7S.C4H8O2/c1-15-20(13-30-32(15)19-7-5-18(27-2)6-8-19)16-10-22(33-24-21(25)4-3-9-28-24)23-17(11-26)12-29-31(23)14-16;1-4(2,6)3-5/h3-4,9-10,12-14,18-19,27H,5-8H2,1-2H3;3,6H,1-2H3. The first kappa shape index (κ1) is 28.4. The van der Waals surface area contributed by atoms with Crippen LogP contribution in [0.3, 0.4) is 0 Å². The Hall–Kier alpha value is -3.59. The molecule has 0 atom stereocenters. The van der Waals surface area contributed by atoms with E-state index < -0.39 is 11.4 Å². The number of aromatic nitrogens is 5. The summed E-state index contributed by atoms with van der Waals surface area (Å²) in [7, 11) is 2.03. The second kappa shape index (κ2) is 12.1. The van der Waals surface area contributed by atoms with Crippen LogP contribution in [0.5, 0.6) is 0 Å². The molecule has 0 bridgehead atoms. The number of aliphatic hydroxyl groups is 1. The van der Waals surface area contributed by atoms with E-state index in [0.717, 1.165) is 47.4 Å². The molecule has 0 saturated heterocycles. The number of pyridine rings is 2. The summed E-state index contributed by atoms with van der Waals surface area (Å²) in [4.78, 5) is 14.5. The van der Waals surface area contributed by atoms with Gasteiger partial charge in [0.15, 0.2) is 12.1 Å². The van der Waals surface area contributed by atoms with Gasteiger partial charge in [-0.15, -0.1) is 0 Å². The molecule has 0 spiro atoms. The number of hydrogen-bond acceptors (Lipinski definition) is 8. The normalized spacial score (nSPS) is 17.4. The van der Waals surface area contributed by atoms with Gasteiger partial charge >= 0.3 is 0 Å². The molecule has 0 radical (unpaired) electrons. The molecule has 1 saturated carbocycles. The molecule has 4 aromatic heterocycles. The van der Waals surface area contributed by atoms with E-state index in [4.69, 9.17) is 10.2 Å². The van der Waals surface area contributed by atoms with Crippen molar-refractivity contribution in [2.45, 2.75) is 74.1 Å². The molecule has 11 heteroatoms. The number of halogens is 1. The van der Waals surface area contributed by atoms with Gasteiger partial charge in [0.25, 0.3) is 0 Å². The molecule has 1 aliphatic carbocycles. The zero-order valence-electron chi connectivity index (χ0n) is 22.4. The summed E-state index contributed by atoms with van der Waals surface area (Å²) < 4.78 is 18.2. The van der Waals surface area contributed by atoms with E-state index >= 15 is 0 Å². The molecule has 9 nitrogen and oxygen atoms in total. The van der Waals surface area contributed by atoms with E-state index in [1.807, 2.05) is 25.5 Å². The monoisotopic (exact) mass is 549 g/mol. The van der Waals surface area contributed by atoms with Gasteiger partial charge in [-0.05, 0) is 71.7 Å². The first-order chi connectivity index (χ1) is 18.6. The summed E-state index contributed by atoms with van der Waals surface area (Å²) in [6, 6.07) is 8.08. The van der Waals surface area contributed by atoms with Gasteiger partial charge in [-0.2, -0.15) is 15.5 Å². The van der Waals surface area contributed by atoms with E-state index in [9.17, 15) is 14.4 Å². The number of hydrogen-bond donors (Lipinski definition) is 2. The van der Waals surface area contributed by atoms with Crippen LogP contribution in [0.1, 0.15) is 56.8 Å². The van der Waals surface area contributed by atoms with Crippen molar-refractivity contribution in [3.05, 3.63) is 60.1 Å². The minimum atomic E-state index is -1.14. The second-order valence-electron chi connectivity index (χ2n) is 10.1. The molecule has 4 heterocycles. The zero-order chi connectivity index (χ0) is 28.2.